The van der Waals surface area contributed by atoms with Crippen LogP contribution in [-0.2, 0) is 4.74 Å². The van der Waals surface area contributed by atoms with Crippen LogP contribution in [0.1, 0.15) is 21.3 Å². The minimum absolute atomic E-state index is 0. The quantitative estimate of drug-likeness (QED) is 0.206. The second kappa shape index (κ2) is 13.6. The van der Waals surface area contributed by atoms with E-state index in [1.165, 1.54) is 4.88 Å². The molecule has 0 radical (unpaired) electrons. The van der Waals surface area contributed by atoms with Crippen molar-refractivity contribution >= 4 is 47.2 Å². The molecule has 1 aliphatic heterocycles. The summed E-state index contributed by atoms with van der Waals surface area (Å²) in [6.07, 6.45) is 0. The fourth-order valence-corrected chi connectivity index (χ4v) is 4.10. The lowest BCUT2D eigenvalue weighted by Crippen LogP contribution is -2.47. The van der Waals surface area contributed by atoms with Crippen molar-refractivity contribution in [2.24, 2.45) is 4.99 Å². The van der Waals surface area contributed by atoms with E-state index in [4.69, 9.17) is 4.74 Å². The van der Waals surface area contributed by atoms with E-state index < -0.39 is 0 Å². The van der Waals surface area contributed by atoms with E-state index in [9.17, 15) is 4.79 Å². The van der Waals surface area contributed by atoms with Crippen molar-refractivity contribution < 1.29 is 9.53 Å². The number of carbonyl (C=O) groups excluding carboxylic acids is 1. The summed E-state index contributed by atoms with van der Waals surface area (Å²) in [5, 5.41) is 11.7. The monoisotopic (exact) mass is 543 g/mol. The molecule has 9 heteroatoms. The molecular formula is C21H30IN5O2S. The van der Waals surface area contributed by atoms with Gasteiger partial charge in [0.25, 0.3) is 5.91 Å². The van der Waals surface area contributed by atoms with Crippen molar-refractivity contribution in [2.75, 3.05) is 53.0 Å². The van der Waals surface area contributed by atoms with Crippen molar-refractivity contribution in [3.63, 3.8) is 0 Å². The summed E-state index contributed by atoms with van der Waals surface area (Å²) in [7, 11) is 1.76. The number of aliphatic imine (C=N–C) groups is 1. The Hall–Kier alpha value is -1.69. The third-order valence-electron chi connectivity index (χ3n) is 4.78. The Morgan fingerprint density at radius 3 is 2.50 bits per heavy atom. The highest BCUT2D eigenvalue weighted by atomic mass is 127. The third kappa shape index (κ3) is 7.53. The summed E-state index contributed by atoms with van der Waals surface area (Å²) in [6, 6.07) is 13.8. The van der Waals surface area contributed by atoms with E-state index in [0.29, 0.717) is 18.7 Å². The van der Waals surface area contributed by atoms with E-state index >= 15 is 0 Å². The molecule has 3 N–H and O–H groups in total. The maximum absolute atomic E-state index is 12.1. The smallest absolute Gasteiger partial charge is 0.251 e. The van der Waals surface area contributed by atoms with Gasteiger partial charge in [0.15, 0.2) is 5.96 Å². The van der Waals surface area contributed by atoms with Crippen LogP contribution in [-0.4, -0.2) is 69.8 Å². The molecule has 1 saturated heterocycles. The minimum Gasteiger partial charge on any atom is -0.379 e. The van der Waals surface area contributed by atoms with Crippen LogP contribution in [0.5, 0.6) is 0 Å². The molecule has 2 aromatic rings. The number of nitrogens with one attached hydrogen (secondary N) is 3. The molecule has 2 heterocycles. The summed E-state index contributed by atoms with van der Waals surface area (Å²) in [5.41, 5.74) is 0.666. The number of guanidine groups is 1. The molecule has 7 nitrogen and oxygen atoms in total. The SMILES string of the molecule is CN=C(NCCNC(=O)c1ccccc1)NCC(c1cccs1)N1CCOCC1.I. The van der Waals surface area contributed by atoms with Crippen LogP contribution in [0.15, 0.2) is 52.8 Å². The van der Waals surface area contributed by atoms with E-state index in [1.54, 1.807) is 30.5 Å². The van der Waals surface area contributed by atoms with E-state index in [1.807, 2.05) is 18.2 Å². The number of benzene rings is 1. The first kappa shape index (κ1) is 24.6. The molecule has 1 aliphatic rings. The van der Waals surface area contributed by atoms with E-state index in [2.05, 4.69) is 43.4 Å². The minimum atomic E-state index is -0.0691. The number of hydrogen-bond acceptors (Lipinski definition) is 5. The molecule has 1 atom stereocenters. The zero-order valence-corrected chi connectivity index (χ0v) is 20.3. The lowest BCUT2D eigenvalue weighted by atomic mass is 10.2. The molecule has 1 amide bonds. The first-order chi connectivity index (χ1) is 14.3. The van der Waals surface area contributed by atoms with Crippen LogP contribution in [0, 0.1) is 0 Å². The maximum atomic E-state index is 12.1. The van der Waals surface area contributed by atoms with Crippen LogP contribution in [0.2, 0.25) is 0 Å². The Labute approximate surface area is 199 Å². The molecule has 1 fully saturated rings. The molecule has 1 aromatic carbocycles. The molecule has 164 valence electrons. The van der Waals surface area contributed by atoms with Gasteiger partial charge in [0.2, 0.25) is 0 Å². The highest BCUT2D eigenvalue weighted by Crippen LogP contribution is 2.25. The molecule has 0 bridgehead atoms. The van der Waals surface area contributed by atoms with Gasteiger partial charge in [-0.3, -0.25) is 14.7 Å². The highest BCUT2D eigenvalue weighted by molar-refractivity contribution is 14.0. The molecule has 0 aliphatic carbocycles. The van der Waals surface area contributed by atoms with Crippen LogP contribution in [0.3, 0.4) is 0 Å². The first-order valence-electron chi connectivity index (χ1n) is 9.91. The highest BCUT2D eigenvalue weighted by Gasteiger charge is 2.23. The molecule has 3 rings (SSSR count). The Balaban J connectivity index is 0.00000320. The lowest BCUT2D eigenvalue weighted by molar-refractivity contribution is 0.0177. The van der Waals surface area contributed by atoms with Crippen LogP contribution in [0.25, 0.3) is 0 Å². The number of hydrogen-bond donors (Lipinski definition) is 3. The van der Waals surface area contributed by atoms with Gasteiger partial charge in [0.1, 0.15) is 0 Å². The van der Waals surface area contributed by atoms with Crippen LogP contribution in [0.4, 0.5) is 0 Å². The Morgan fingerprint density at radius 2 is 1.83 bits per heavy atom. The fourth-order valence-electron chi connectivity index (χ4n) is 3.24. The summed E-state index contributed by atoms with van der Waals surface area (Å²) < 4.78 is 5.50. The number of ether oxygens (including phenoxy) is 1. The predicted octanol–water partition coefficient (Wildman–Crippen LogP) is 2.33. The number of amides is 1. The topological polar surface area (TPSA) is 78.0 Å². The number of morpholine rings is 1. The molecule has 1 aromatic heterocycles. The number of halogens is 1. The second-order valence-corrected chi connectivity index (χ2v) is 7.66. The largest absolute Gasteiger partial charge is 0.379 e. The molecule has 0 spiro atoms. The molecule has 1 unspecified atom stereocenters. The maximum Gasteiger partial charge on any atom is 0.251 e. The molecular weight excluding hydrogens is 513 g/mol. The van der Waals surface area contributed by atoms with Crippen molar-refractivity contribution in [1.29, 1.82) is 0 Å². The van der Waals surface area contributed by atoms with Gasteiger partial charge in [-0.1, -0.05) is 24.3 Å². The predicted molar refractivity (Wildman–Crippen MR) is 133 cm³/mol. The molecule has 0 saturated carbocycles. The summed E-state index contributed by atoms with van der Waals surface area (Å²) in [4.78, 5) is 20.2. The fraction of sp³-hybridized carbons (Fsp3) is 0.429. The van der Waals surface area contributed by atoms with Crippen molar-refractivity contribution in [3.8, 4) is 0 Å². The van der Waals surface area contributed by atoms with Gasteiger partial charge in [-0.15, -0.1) is 35.3 Å². The standard InChI is InChI=1S/C21H29N5O2S.HI/c1-22-21(24-10-9-23-20(27)17-6-3-2-4-7-17)25-16-18(19-8-5-15-29-19)26-11-13-28-14-12-26;/h2-8,15,18H,9-14,16H2,1H3,(H,23,27)(H2,22,24,25);1H. The normalized spacial score (nSPS) is 15.7. The number of carbonyl (C=O) groups is 1. The zero-order chi connectivity index (χ0) is 20.3. The van der Waals surface area contributed by atoms with Gasteiger partial charge in [-0.25, -0.2) is 0 Å². The van der Waals surface area contributed by atoms with Crippen LogP contribution >= 0.6 is 35.3 Å². The summed E-state index contributed by atoms with van der Waals surface area (Å²) >= 11 is 1.78. The van der Waals surface area contributed by atoms with Gasteiger partial charge in [-0.2, -0.15) is 0 Å². The Kier molecular flexibility index (Phi) is 11.1. The average Bonchev–Trinajstić information content (AvgIpc) is 3.31. The summed E-state index contributed by atoms with van der Waals surface area (Å²) in [5.74, 6) is 0.661. The Morgan fingerprint density at radius 1 is 1.10 bits per heavy atom. The lowest BCUT2D eigenvalue weighted by Gasteiger charge is -2.34. The van der Waals surface area contributed by atoms with Crippen molar-refractivity contribution in [1.82, 2.24) is 20.9 Å². The van der Waals surface area contributed by atoms with Gasteiger partial charge >= 0.3 is 0 Å². The van der Waals surface area contributed by atoms with Gasteiger partial charge in [-0.05, 0) is 23.6 Å². The van der Waals surface area contributed by atoms with Gasteiger partial charge in [0.05, 0.1) is 19.3 Å². The summed E-state index contributed by atoms with van der Waals surface area (Å²) in [6.45, 7) is 5.29. The average molecular weight is 543 g/mol. The van der Waals surface area contributed by atoms with Crippen LogP contribution < -0.4 is 16.0 Å². The van der Waals surface area contributed by atoms with Crippen molar-refractivity contribution in [3.05, 3.63) is 58.3 Å². The molecule has 30 heavy (non-hydrogen) atoms. The number of nitrogens with zero attached hydrogens (tertiary/aromatic N) is 2. The van der Waals surface area contributed by atoms with Gasteiger partial charge in [0, 0.05) is 50.2 Å². The number of rotatable bonds is 8. The second-order valence-electron chi connectivity index (χ2n) is 6.68. The Bertz CT molecular complexity index is 767. The van der Waals surface area contributed by atoms with Gasteiger partial charge < -0.3 is 20.7 Å². The first-order valence-corrected chi connectivity index (χ1v) is 10.8. The third-order valence-corrected chi connectivity index (χ3v) is 5.76. The number of thiophene rings is 1. The van der Waals surface area contributed by atoms with E-state index in [-0.39, 0.29) is 35.9 Å². The zero-order valence-electron chi connectivity index (χ0n) is 17.2. The van der Waals surface area contributed by atoms with Crippen molar-refractivity contribution in [2.45, 2.75) is 6.04 Å². The van der Waals surface area contributed by atoms with E-state index in [0.717, 1.165) is 38.8 Å².